The van der Waals surface area contributed by atoms with Crippen LogP contribution in [0, 0.1) is 29.4 Å². The molecule has 7 rings (SSSR count). The van der Waals surface area contributed by atoms with Gasteiger partial charge in [0.1, 0.15) is 34.0 Å². The third-order valence-corrected chi connectivity index (χ3v) is 9.73. The Labute approximate surface area is 260 Å². The number of phenols is 1. The van der Waals surface area contributed by atoms with Crippen molar-refractivity contribution in [1.29, 1.82) is 0 Å². The van der Waals surface area contributed by atoms with Crippen LogP contribution in [0.4, 0.5) is 14.6 Å². The molecular formula is C34H35F2N5O4. The summed E-state index contributed by atoms with van der Waals surface area (Å²) >= 11 is 0. The number of likely N-dealkylation sites (tertiary alicyclic amines) is 1. The van der Waals surface area contributed by atoms with E-state index in [1.165, 1.54) is 31.4 Å². The Hall–Kier alpha value is -4.27. The molecule has 3 aliphatic rings. The fraction of sp³-hybridized carbons (Fsp3) is 0.441. The van der Waals surface area contributed by atoms with Crippen molar-refractivity contribution in [3.05, 3.63) is 41.5 Å². The number of hydrogen-bond donors (Lipinski definition) is 1. The van der Waals surface area contributed by atoms with Gasteiger partial charge in [0.2, 0.25) is 5.88 Å². The molecule has 4 aromatic rings. The van der Waals surface area contributed by atoms with Crippen LogP contribution >= 0.6 is 0 Å². The van der Waals surface area contributed by atoms with Gasteiger partial charge in [-0.2, -0.15) is 9.97 Å². The highest BCUT2D eigenvalue weighted by atomic mass is 19.1. The standard InChI is InChI=1S/C34H35F2N5O4/c1-4-22-24(35)9-8-20-17-21(42)18-23(26(20)22)29-28(36)30-27(32(37-29)43-3)31(41-13-15-44-16-14-41)39-33(38-30)45-19-34-10-5-7-25(34)40(2)12-6-11-34/h1,8-9,17-18,25,42H,5-7,10-16,19H2,2-3H3. The summed E-state index contributed by atoms with van der Waals surface area (Å²) in [5, 5.41) is 11.6. The van der Waals surface area contributed by atoms with E-state index in [0.717, 1.165) is 38.6 Å². The Kier molecular flexibility index (Phi) is 7.58. The molecule has 11 heteroatoms. The number of nitrogens with zero attached hydrogens (tertiary/aromatic N) is 5. The van der Waals surface area contributed by atoms with Gasteiger partial charge < -0.3 is 29.1 Å². The van der Waals surface area contributed by atoms with E-state index in [0.29, 0.717) is 50.2 Å². The van der Waals surface area contributed by atoms with Crippen LogP contribution in [0.5, 0.6) is 17.6 Å². The lowest BCUT2D eigenvalue weighted by atomic mass is 9.76. The van der Waals surface area contributed by atoms with Gasteiger partial charge in [0.05, 0.1) is 32.5 Å². The molecule has 2 atom stereocenters. The number of ether oxygens (including phenoxy) is 3. The molecule has 9 nitrogen and oxygen atoms in total. The molecule has 1 saturated carbocycles. The summed E-state index contributed by atoms with van der Waals surface area (Å²) in [5.74, 6) is 1.30. The third kappa shape index (κ3) is 4.96. The topological polar surface area (TPSA) is 93.1 Å². The SMILES string of the molecule is C#Cc1c(F)ccc2cc(O)cc(-c3nc(OC)c4c(N5CCOCC5)nc(OCC56CCCC5N(C)CCC6)nc4c3F)c12. The lowest BCUT2D eigenvalue weighted by molar-refractivity contribution is 0.0133. The summed E-state index contributed by atoms with van der Waals surface area (Å²) < 4.78 is 49.5. The quantitative estimate of drug-likeness (QED) is 0.290. The van der Waals surface area contributed by atoms with Crippen LogP contribution in [-0.2, 0) is 4.74 Å². The van der Waals surface area contributed by atoms with Gasteiger partial charge in [0.15, 0.2) is 5.82 Å². The second-order valence-electron chi connectivity index (χ2n) is 12.2. The lowest BCUT2D eigenvalue weighted by Crippen LogP contribution is -2.50. The van der Waals surface area contributed by atoms with Crippen LogP contribution in [0.1, 0.15) is 37.7 Å². The molecule has 3 fully saturated rings. The molecule has 4 heterocycles. The Morgan fingerprint density at radius 3 is 2.67 bits per heavy atom. The van der Waals surface area contributed by atoms with Crippen molar-refractivity contribution < 1.29 is 28.1 Å². The van der Waals surface area contributed by atoms with Crippen molar-refractivity contribution in [3.8, 4) is 41.2 Å². The number of phenolic OH excluding ortho intramolecular Hbond substituents is 1. The highest BCUT2D eigenvalue weighted by molar-refractivity contribution is 6.04. The zero-order valence-corrected chi connectivity index (χ0v) is 25.4. The van der Waals surface area contributed by atoms with Crippen molar-refractivity contribution in [3.63, 3.8) is 0 Å². The number of aromatic nitrogens is 3. The van der Waals surface area contributed by atoms with E-state index < -0.39 is 11.6 Å². The zero-order chi connectivity index (χ0) is 31.3. The molecule has 0 bridgehead atoms. The first kappa shape index (κ1) is 29.4. The Bertz CT molecular complexity index is 1840. The molecular weight excluding hydrogens is 580 g/mol. The van der Waals surface area contributed by atoms with Gasteiger partial charge in [0.25, 0.3) is 0 Å². The highest BCUT2D eigenvalue weighted by Gasteiger charge is 2.47. The van der Waals surface area contributed by atoms with Gasteiger partial charge in [-0.25, -0.2) is 13.8 Å². The molecule has 2 saturated heterocycles. The van der Waals surface area contributed by atoms with Gasteiger partial charge in [-0.05, 0) is 62.9 Å². The first-order chi connectivity index (χ1) is 21.8. The van der Waals surface area contributed by atoms with Crippen molar-refractivity contribution in [1.82, 2.24) is 19.9 Å². The van der Waals surface area contributed by atoms with Gasteiger partial charge in [-0.1, -0.05) is 18.4 Å². The first-order valence-corrected chi connectivity index (χ1v) is 15.4. The molecule has 1 N–H and O–H groups in total. The van der Waals surface area contributed by atoms with Gasteiger partial charge >= 0.3 is 6.01 Å². The molecule has 234 valence electrons. The molecule has 2 aliphatic heterocycles. The largest absolute Gasteiger partial charge is 0.508 e. The average molecular weight is 616 g/mol. The van der Waals surface area contributed by atoms with Crippen LogP contribution in [0.2, 0.25) is 0 Å². The van der Waals surface area contributed by atoms with E-state index in [-0.39, 0.29) is 56.2 Å². The van der Waals surface area contributed by atoms with Crippen LogP contribution in [-0.4, -0.2) is 84.6 Å². The number of benzene rings is 2. The number of halogens is 2. The van der Waals surface area contributed by atoms with Crippen LogP contribution in [0.25, 0.3) is 32.9 Å². The molecule has 0 amide bonds. The number of pyridine rings is 1. The Morgan fingerprint density at radius 1 is 1.09 bits per heavy atom. The van der Waals surface area contributed by atoms with E-state index >= 15 is 4.39 Å². The molecule has 2 aromatic heterocycles. The zero-order valence-electron chi connectivity index (χ0n) is 25.4. The molecule has 0 radical (unpaired) electrons. The smallest absolute Gasteiger partial charge is 0.319 e. The average Bonchev–Trinajstić information content (AvgIpc) is 3.50. The second-order valence-corrected chi connectivity index (χ2v) is 12.2. The van der Waals surface area contributed by atoms with Crippen molar-refractivity contribution in [2.24, 2.45) is 5.41 Å². The monoisotopic (exact) mass is 615 g/mol. The number of aromatic hydroxyl groups is 1. The summed E-state index contributed by atoms with van der Waals surface area (Å²) in [6.45, 7) is 3.49. The molecule has 2 aromatic carbocycles. The number of piperidine rings is 1. The van der Waals surface area contributed by atoms with Gasteiger partial charge in [0, 0.05) is 35.5 Å². The summed E-state index contributed by atoms with van der Waals surface area (Å²) in [6, 6.07) is 5.94. The molecule has 2 unspecified atom stereocenters. The van der Waals surface area contributed by atoms with E-state index in [4.69, 9.17) is 25.6 Å². The number of methoxy groups -OCH3 is 1. The fourth-order valence-corrected chi connectivity index (χ4v) is 7.64. The number of morpholine rings is 1. The number of rotatable bonds is 6. The van der Waals surface area contributed by atoms with Gasteiger partial charge in [-0.3, -0.25) is 0 Å². The van der Waals surface area contributed by atoms with Crippen molar-refractivity contribution in [2.75, 3.05) is 58.5 Å². The predicted molar refractivity (Wildman–Crippen MR) is 167 cm³/mol. The third-order valence-electron chi connectivity index (χ3n) is 9.73. The van der Waals surface area contributed by atoms with Crippen LogP contribution in [0.15, 0.2) is 24.3 Å². The van der Waals surface area contributed by atoms with Crippen molar-refractivity contribution in [2.45, 2.75) is 38.1 Å². The molecule has 1 aliphatic carbocycles. The van der Waals surface area contributed by atoms with E-state index in [9.17, 15) is 9.50 Å². The Morgan fingerprint density at radius 2 is 1.89 bits per heavy atom. The maximum atomic E-state index is 16.9. The van der Waals surface area contributed by atoms with E-state index in [1.807, 2.05) is 4.90 Å². The van der Waals surface area contributed by atoms with Crippen LogP contribution in [0.3, 0.4) is 0 Å². The Balaban J connectivity index is 1.42. The predicted octanol–water partition coefficient (Wildman–Crippen LogP) is 5.30. The van der Waals surface area contributed by atoms with Crippen molar-refractivity contribution >= 4 is 27.5 Å². The minimum Gasteiger partial charge on any atom is -0.508 e. The summed E-state index contributed by atoms with van der Waals surface area (Å²) in [4.78, 5) is 18.4. The summed E-state index contributed by atoms with van der Waals surface area (Å²) in [5.41, 5.74) is -0.211. The number of fused-ring (bicyclic) bond motifs is 3. The number of hydrogen-bond acceptors (Lipinski definition) is 9. The van der Waals surface area contributed by atoms with E-state index in [1.54, 1.807) is 0 Å². The maximum absolute atomic E-state index is 16.9. The van der Waals surface area contributed by atoms with Gasteiger partial charge in [-0.15, -0.1) is 6.42 Å². The van der Waals surface area contributed by atoms with E-state index in [2.05, 4.69) is 27.8 Å². The minimum atomic E-state index is -0.791. The highest BCUT2D eigenvalue weighted by Crippen LogP contribution is 2.48. The summed E-state index contributed by atoms with van der Waals surface area (Å²) in [7, 11) is 3.61. The fourth-order valence-electron chi connectivity index (χ4n) is 7.64. The normalized spacial score (nSPS) is 22.0. The first-order valence-electron chi connectivity index (χ1n) is 15.4. The second kappa shape index (κ2) is 11.6. The maximum Gasteiger partial charge on any atom is 0.319 e. The summed E-state index contributed by atoms with van der Waals surface area (Å²) in [6.07, 6.45) is 11.2. The minimum absolute atomic E-state index is 0.0136. The lowest BCUT2D eigenvalue weighted by Gasteiger charge is -2.44. The number of anilines is 1. The molecule has 45 heavy (non-hydrogen) atoms. The van der Waals surface area contributed by atoms with Crippen LogP contribution < -0.4 is 14.4 Å². The molecule has 0 spiro atoms. The number of terminal acetylenes is 1.